The number of phenolic OH excluding ortho intramolecular Hbond substituents is 1. The van der Waals surface area contributed by atoms with Gasteiger partial charge in [0.25, 0.3) is 0 Å². The fraction of sp³-hybridized carbons (Fsp3) is 0.200. The first-order valence-electron chi connectivity index (χ1n) is 3.82. The van der Waals surface area contributed by atoms with Crippen LogP contribution in [-0.4, -0.2) is 5.11 Å². The second-order valence-electron chi connectivity index (χ2n) is 2.83. The van der Waals surface area contributed by atoms with Crippen molar-refractivity contribution in [1.82, 2.24) is 0 Å². The van der Waals surface area contributed by atoms with Gasteiger partial charge in [-0.25, -0.2) is 0 Å². The maximum absolute atomic E-state index is 9.16. The van der Waals surface area contributed by atoms with Crippen molar-refractivity contribution >= 4 is 0 Å². The van der Waals surface area contributed by atoms with Crippen LogP contribution in [0.3, 0.4) is 0 Å². The fourth-order valence-corrected chi connectivity index (χ4v) is 1.42. The lowest BCUT2D eigenvalue weighted by Crippen LogP contribution is -1.95. The molecule has 1 aliphatic rings. The first-order valence-corrected chi connectivity index (χ1v) is 3.82. The maximum atomic E-state index is 9.16. The summed E-state index contributed by atoms with van der Waals surface area (Å²) in [6.07, 6.45) is 6.28. The molecule has 2 rings (SSSR count). The second kappa shape index (κ2) is 2.42. The summed E-state index contributed by atoms with van der Waals surface area (Å²) in [6.45, 7) is 0. The highest BCUT2D eigenvalue weighted by molar-refractivity contribution is 5.39. The van der Waals surface area contributed by atoms with Crippen LogP contribution in [0.15, 0.2) is 30.4 Å². The van der Waals surface area contributed by atoms with Crippen molar-refractivity contribution in [2.45, 2.75) is 12.8 Å². The zero-order chi connectivity index (χ0) is 7.68. The highest BCUT2D eigenvalue weighted by atomic mass is 16.3. The molecule has 0 saturated carbocycles. The Labute approximate surface area is 66.0 Å². The number of hydrogen-bond donors (Lipinski definition) is 1. The molecule has 0 radical (unpaired) electrons. The Kier molecular flexibility index (Phi) is 1.42. The molecule has 1 nitrogen and oxygen atoms in total. The van der Waals surface area contributed by atoms with Gasteiger partial charge in [0.2, 0.25) is 0 Å². The van der Waals surface area contributed by atoms with Gasteiger partial charge in [-0.1, -0.05) is 18.2 Å². The molecule has 0 heterocycles. The highest BCUT2D eigenvalue weighted by Gasteiger charge is 2.03. The van der Waals surface area contributed by atoms with E-state index >= 15 is 0 Å². The summed E-state index contributed by atoms with van der Waals surface area (Å²) in [4.78, 5) is 0. The lowest BCUT2D eigenvalue weighted by molar-refractivity contribution is 0.474. The van der Waals surface area contributed by atoms with Crippen LogP contribution in [0.4, 0.5) is 0 Å². The number of hydrogen-bond acceptors (Lipinski definition) is 1. The molecule has 56 valence electrons. The van der Waals surface area contributed by atoms with Crippen molar-refractivity contribution in [3.63, 3.8) is 0 Å². The number of aromatic hydroxyl groups is 1. The molecule has 0 atom stereocenters. The van der Waals surface area contributed by atoms with Gasteiger partial charge >= 0.3 is 0 Å². The second-order valence-corrected chi connectivity index (χ2v) is 2.83. The molecule has 0 fully saturated rings. The van der Waals surface area contributed by atoms with Crippen molar-refractivity contribution in [2.24, 2.45) is 0 Å². The molecule has 0 bridgehead atoms. The fourth-order valence-electron chi connectivity index (χ4n) is 1.42. The van der Waals surface area contributed by atoms with E-state index in [9.17, 15) is 0 Å². The molecule has 0 aliphatic heterocycles. The molecule has 0 spiro atoms. The van der Waals surface area contributed by atoms with Gasteiger partial charge in [0, 0.05) is 0 Å². The van der Waals surface area contributed by atoms with Crippen LogP contribution < -0.4 is 0 Å². The molecular formula is C10H10O. The van der Waals surface area contributed by atoms with E-state index < -0.39 is 0 Å². The first kappa shape index (κ1) is 6.47. The normalized spacial score (nSPS) is 14.5. The third kappa shape index (κ3) is 1.14. The molecule has 1 aromatic carbocycles. The summed E-state index contributed by atoms with van der Waals surface area (Å²) >= 11 is 0. The smallest absolute Gasteiger partial charge is 0.115 e. The van der Waals surface area contributed by atoms with E-state index in [1.54, 1.807) is 6.07 Å². The van der Waals surface area contributed by atoms with Gasteiger partial charge in [-0.05, 0) is 36.1 Å². The van der Waals surface area contributed by atoms with Crippen LogP contribution in [0.2, 0.25) is 0 Å². The number of phenols is 1. The first-order chi connectivity index (χ1) is 5.36. The Morgan fingerprint density at radius 1 is 1.00 bits per heavy atom. The Morgan fingerprint density at radius 3 is 2.55 bits per heavy atom. The minimum atomic E-state index is 0.374. The lowest BCUT2D eigenvalue weighted by atomic mass is 9.97. The minimum absolute atomic E-state index is 0.374. The standard InChI is InChI=1S/C10H10O/c11-10-6-5-8-3-1-2-4-9(8)7-10/h1-2,5-7,11H,3-4H2. The van der Waals surface area contributed by atoms with Crippen molar-refractivity contribution in [3.8, 4) is 5.75 Å². The number of allylic oxidation sites excluding steroid dienone is 2. The van der Waals surface area contributed by atoms with Crippen molar-refractivity contribution in [3.05, 3.63) is 41.5 Å². The Balaban J connectivity index is 2.48. The summed E-state index contributed by atoms with van der Waals surface area (Å²) < 4.78 is 0. The van der Waals surface area contributed by atoms with E-state index in [1.807, 2.05) is 12.1 Å². The van der Waals surface area contributed by atoms with Gasteiger partial charge in [-0.2, -0.15) is 0 Å². The molecule has 1 aromatic rings. The van der Waals surface area contributed by atoms with Crippen LogP contribution in [0, 0.1) is 0 Å². The molecular weight excluding hydrogens is 136 g/mol. The number of fused-ring (bicyclic) bond motifs is 1. The largest absolute Gasteiger partial charge is 0.508 e. The van der Waals surface area contributed by atoms with Gasteiger partial charge in [0.1, 0.15) is 5.75 Å². The monoisotopic (exact) mass is 146 g/mol. The van der Waals surface area contributed by atoms with E-state index in [4.69, 9.17) is 5.11 Å². The summed E-state index contributed by atoms with van der Waals surface area (Å²) in [6, 6.07) is 5.59. The van der Waals surface area contributed by atoms with Crippen LogP contribution in [-0.2, 0) is 12.8 Å². The predicted molar refractivity (Wildman–Crippen MR) is 44.7 cm³/mol. The molecule has 0 saturated heterocycles. The van der Waals surface area contributed by atoms with Gasteiger partial charge in [0.15, 0.2) is 0 Å². The zero-order valence-corrected chi connectivity index (χ0v) is 6.25. The summed E-state index contributed by atoms with van der Waals surface area (Å²) in [7, 11) is 0. The van der Waals surface area contributed by atoms with Gasteiger partial charge < -0.3 is 5.11 Å². The highest BCUT2D eigenvalue weighted by Crippen LogP contribution is 2.20. The Hall–Kier alpha value is -1.24. The Bertz CT molecular complexity index is 300. The molecule has 1 aliphatic carbocycles. The molecule has 1 heteroatoms. The predicted octanol–water partition coefficient (Wildman–Crippen LogP) is 2.05. The van der Waals surface area contributed by atoms with Crippen LogP contribution in [0.25, 0.3) is 0 Å². The summed E-state index contributed by atoms with van der Waals surface area (Å²) in [5, 5.41) is 9.16. The Morgan fingerprint density at radius 2 is 1.73 bits per heavy atom. The van der Waals surface area contributed by atoms with E-state index in [1.165, 1.54) is 11.1 Å². The molecule has 0 aromatic heterocycles. The lowest BCUT2D eigenvalue weighted by Gasteiger charge is -2.09. The van der Waals surface area contributed by atoms with E-state index in [0.717, 1.165) is 12.8 Å². The average Bonchev–Trinajstić information content (AvgIpc) is 2.04. The van der Waals surface area contributed by atoms with Gasteiger partial charge in [0.05, 0.1) is 0 Å². The van der Waals surface area contributed by atoms with Crippen molar-refractivity contribution < 1.29 is 5.11 Å². The molecule has 0 unspecified atom stereocenters. The summed E-state index contributed by atoms with van der Waals surface area (Å²) in [5.41, 5.74) is 2.60. The number of rotatable bonds is 0. The average molecular weight is 146 g/mol. The minimum Gasteiger partial charge on any atom is -0.508 e. The molecule has 1 N–H and O–H groups in total. The van der Waals surface area contributed by atoms with E-state index in [0.29, 0.717) is 5.75 Å². The maximum Gasteiger partial charge on any atom is 0.115 e. The zero-order valence-electron chi connectivity index (χ0n) is 6.25. The third-order valence-corrected chi connectivity index (χ3v) is 2.03. The van der Waals surface area contributed by atoms with Crippen molar-refractivity contribution in [1.29, 1.82) is 0 Å². The van der Waals surface area contributed by atoms with E-state index in [-0.39, 0.29) is 0 Å². The topological polar surface area (TPSA) is 20.2 Å². The van der Waals surface area contributed by atoms with Crippen molar-refractivity contribution in [2.75, 3.05) is 0 Å². The quantitative estimate of drug-likeness (QED) is 0.555. The van der Waals surface area contributed by atoms with E-state index in [2.05, 4.69) is 12.2 Å². The molecule has 0 amide bonds. The van der Waals surface area contributed by atoms with Crippen LogP contribution in [0.1, 0.15) is 11.1 Å². The number of benzene rings is 1. The van der Waals surface area contributed by atoms with Crippen LogP contribution in [0.5, 0.6) is 5.75 Å². The third-order valence-electron chi connectivity index (χ3n) is 2.03. The van der Waals surface area contributed by atoms with Gasteiger partial charge in [-0.3, -0.25) is 0 Å². The molecule has 11 heavy (non-hydrogen) atoms. The van der Waals surface area contributed by atoms with Gasteiger partial charge in [-0.15, -0.1) is 0 Å². The van der Waals surface area contributed by atoms with Crippen LogP contribution >= 0.6 is 0 Å². The SMILES string of the molecule is Oc1ccc2c(c1)CC=CC2. The summed E-state index contributed by atoms with van der Waals surface area (Å²) in [5.74, 6) is 0.374.